The van der Waals surface area contributed by atoms with Crippen LogP contribution in [0.3, 0.4) is 0 Å². The van der Waals surface area contributed by atoms with Gasteiger partial charge in [0, 0.05) is 22.3 Å². The van der Waals surface area contributed by atoms with E-state index in [-0.39, 0.29) is 73.1 Å². The number of allylic oxidation sites excluding steroid dienone is 2. The van der Waals surface area contributed by atoms with Crippen molar-refractivity contribution < 1.29 is 43.0 Å². The number of fused-ring (bicyclic) bond motifs is 9. The second-order valence-electron chi connectivity index (χ2n) is 17.6. The lowest BCUT2D eigenvalue weighted by Crippen LogP contribution is -2.52. The molecule has 8 aromatic carbocycles. The van der Waals surface area contributed by atoms with E-state index < -0.39 is 40.7 Å². The lowest BCUT2D eigenvalue weighted by molar-refractivity contribution is -0.184. The summed E-state index contributed by atoms with van der Waals surface area (Å²) < 4.78 is 18.3. The van der Waals surface area contributed by atoms with Gasteiger partial charge in [-0.2, -0.15) is 0 Å². The van der Waals surface area contributed by atoms with Crippen molar-refractivity contribution in [2.75, 3.05) is 0 Å². The van der Waals surface area contributed by atoms with Crippen LogP contribution in [0.1, 0.15) is 68.3 Å². The first-order valence-corrected chi connectivity index (χ1v) is 24.4. The maximum absolute atomic E-state index is 14.9. The van der Waals surface area contributed by atoms with Crippen LogP contribution in [0.25, 0.3) is 65.0 Å². The summed E-state index contributed by atoms with van der Waals surface area (Å²) in [4.78, 5) is 96.4. The molecule has 13 heteroatoms. The molecule has 0 N–H and O–H groups in total. The van der Waals surface area contributed by atoms with Gasteiger partial charge < -0.3 is 14.2 Å². The van der Waals surface area contributed by atoms with E-state index >= 15 is 0 Å². The summed E-state index contributed by atoms with van der Waals surface area (Å²) in [7, 11) is 0. The summed E-state index contributed by atoms with van der Waals surface area (Å²) in [5, 5.41) is 7.39. The molecule has 0 fully saturated rings. The number of benzene rings is 8. The molecule has 10 aromatic rings. The van der Waals surface area contributed by atoms with E-state index in [0.29, 0.717) is 16.0 Å². The number of ether oxygens (including phenoxy) is 3. The van der Waals surface area contributed by atoms with E-state index in [4.69, 9.17) is 24.2 Å². The Bertz CT molecular complexity index is 3940. The van der Waals surface area contributed by atoms with Crippen molar-refractivity contribution in [2.45, 2.75) is 18.8 Å². The van der Waals surface area contributed by atoms with Crippen LogP contribution < -0.4 is 4.74 Å². The Morgan fingerprint density at radius 3 is 1.22 bits per heavy atom. The second kappa shape index (κ2) is 16.5. The highest BCUT2D eigenvalue weighted by molar-refractivity contribution is 7.23. The maximum Gasteiger partial charge on any atom is 0.369 e. The zero-order valence-corrected chi connectivity index (χ0v) is 39.1. The molecule has 0 saturated carbocycles. The molecule has 2 aromatic heterocycles. The Morgan fingerprint density at radius 1 is 0.458 bits per heavy atom. The second-order valence-corrected chi connectivity index (χ2v) is 19.7. The molecule has 0 spiro atoms. The van der Waals surface area contributed by atoms with Crippen LogP contribution in [0.15, 0.2) is 169 Å². The number of rotatable bonds is 8. The van der Waals surface area contributed by atoms with Gasteiger partial charge in [-0.1, -0.05) is 109 Å². The van der Waals surface area contributed by atoms with Crippen LogP contribution in [-0.4, -0.2) is 45.0 Å². The SMILES string of the molecule is O=C1C(=Cc2nc3c(s2)-c2sc(C=C4C(=O)c5cc6cc7ccccc7cc6cc5C4=O)nc2C(C(=O)OCc2ccccc2)(C(=O)OCc2ccccc2)O3)C(=O)c2cc3cc4ccccc4cc3cc21. The quantitative estimate of drug-likeness (QED) is 0.0469. The maximum atomic E-state index is 14.9. The normalized spacial score (nSPS) is 14.3. The number of esters is 2. The van der Waals surface area contributed by atoms with Crippen LogP contribution in [0.5, 0.6) is 5.88 Å². The van der Waals surface area contributed by atoms with Crippen molar-refractivity contribution in [1.29, 1.82) is 0 Å². The van der Waals surface area contributed by atoms with Gasteiger partial charge in [0.05, 0.1) is 16.0 Å². The molecule has 0 radical (unpaired) electrons. The highest BCUT2D eigenvalue weighted by Gasteiger charge is 2.61. The van der Waals surface area contributed by atoms with Crippen molar-refractivity contribution in [2.24, 2.45) is 0 Å². The smallest absolute Gasteiger partial charge is 0.369 e. The van der Waals surface area contributed by atoms with Gasteiger partial charge in [0.15, 0.2) is 23.1 Å². The first-order chi connectivity index (χ1) is 35.1. The zero-order chi connectivity index (χ0) is 48.8. The summed E-state index contributed by atoms with van der Waals surface area (Å²) in [6.07, 6.45) is 2.73. The van der Waals surface area contributed by atoms with E-state index in [2.05, 4.69) is 0 Å². The fourth-order valence-corrected chi connectivity index (χ4v) is 11.7. The van der Waals surface area contributed by atoms with Gasteiger partial charge in [-0.3, -0.25) is 19.2 Å². The summed E-state index contributed by atoms with van der Waals surface area (Å²) in [5.74, 6) is -4.50. The standard InChI is InChI=1S/C59H32N2O9S2/c62-49-41-23-37-19-33-15-7-8-16-34(33)20-38(37)24-42(41)50(63)45(49)27-47-60-55-53(71-47)54-56(70-59(55,57(66)68-29-31-11-3-1-4-12-31)58(67)69-30-32-13-5-2-6-14-32)61-48(72-54)28-46-51(64)43-25-39-21-35-17-9-10-18-36(35)22-40(39)26-44(43)52(46)65/h1-28H,29-30H2. The number of nitrogens with zero attached hydrogens (tertiary/aromatic N) is 2. The monoisotopic (exact) mass is 976 g/mol. The molecular weight excluding hydrogens is 945 g/mol. The average Bonchev–Trinajstić information content (AvgIpc) is 4.14. The molecule has 0 saturated heterocycles. The van der Waals surface area contributed by atoms with Crippen LogP contribution >= 0.6 is 22.7 Å². The third-order valence-corrected chi connectivity index (χ3v) is 15.4. The number of ketones is 4. The molecule has 344 valence electrons. The molecule has 2 aliphatic carbocycles. The van der Waals surface area contributed by atoms with Gasteiger partial charge in [0.2, 0.25) is 5.88 Å². The Balaban J connectivity index is 0.931. The van der Waals surface area contributed by atoms with Gasteiger partial charge in [0.25, 0.3) is 0 Å². The highest BCUT2D eigenvalue weighted by Crippen LogP contribution is 2.52. The summed E-state index contributed by atoms with van der Waals surface area (Å²) in [6.45, 7) is -0.509. The van der Waals surface area contributed by atoms with E-state index in [1.807, 2.05) is 84.9 Å². The van der Waals surface area contributed by atoms with Crippen LogP contribution in [-0.2, 0) is 37.9 Å². The van der Waals surface area contributed by atoms with Crippen molar-refractivity contribution in [3.05, 3.63) is 218 Å². The highest BCUT2D eigenvalue weighted by atomic mass is 32.1. The predicted octanol–water partition coefficient (Wildman–Crippen LogP) is 11.9. The fourth-order valence-electron chi connectivity index (χ4n) is 9.62. The minimum Gasteiger partial charge on any atom is -0.457 e. The molecular formula is C59H32N2O9S2. The molecule has 13 rings (SSSR count). The minimum absolute atomic E-state index is 0.0944. The molecule has 0 atom stereocenters. The predicted molar refractivity (Wildman–Crippen MR) is 274 cm³/mol. The van der Waals surface area contributed by atoms with E-state index in [9.17, 15) is 28.8 Å². The molecule has 3 heterocycles. The molecule has 72 heavy (non-hydrogen) atoms. The number of aromatic nitrogens is 2. The summed E-state index contributed by atoms with van der Waals surface area (Å²) in [5.41, 5.74) is -0.976. The Hall–Kier alpha value is -9.04. The molecule has 3 aliphatic rings. The number of carbonyl (C=O) groups is 6. The van der Waals surface area contributed by atoms with Gasteiger partial charge >= 0.3 is 17.5 Å². The number of hydrogen-bond acceptors (Lipinski definition) is 13. The fraction of sp³-hybridized carbons (Fsp3) is 0.0508. The van der Waals surface area contributed by atoms with Gasteiger partial charge in [-0.25, -0.2) is 19.6 Å². The van der Waals surface area contributed by atoms with E-state index in [0.717, 1.165) is 65.8 Å². The number of carbonyl (C=O) groups excluding carboxylic acids is 6. The van der Waals surface area contributed by atoms with E-state index in [1.54, 1.807) is 72.8 Å². The lowest BCUT2D eigenvalue weighted by atomic mass is 9.95. The topological polar surface area (TPSA) is 156 Å². The van der Waals surface area contributed by atoms with Crippen LogP contribution in [0.4, 0.5) is 0 Å². The minimum atomic E-state index is -2.72. The zero-order valence-electron chi connectivity index (χ0n) is 37.5. The van der Waals surface area contributed by atoms with Gasteiger partial charge in [-0.15, -0.1) is 22.7 Å². The average molecular weight is 977 g/mol. The van der Waals surface area contributed by atoms with Crippen molar-refractivity contribution in [3.8, 4) is 15.6 Å². The lowest BCUT2D eigenvalue weighted by Gasteiger charge is -2.31. The molecule has 0 unspecified atom stereocenters. The van der Waals surface area contributed by atoms with Crippen LogP contribution in [0.2, 0.25) is 0 Å². The molecule has 1 aliphatic heterocycles. The number of thiazole rings is 2. The van der Waals surface area contributed by atoms with Gasteiger partial charge in [0.1, 0.15) is 33.8 Å². The molecule has 0 amide bonds. The number of hydrogen-bond donors (Lipinski definition) is 0. The molecule has 11 nitrogen and oxygen atoms in total. The van der Waals surface area contributed by atoms with Crippen molar-refractivity contribution in [3.63, 3.8) is 0 Å². The van der Waals surface area contributed by atoms with Crippen molar-refractivity contribution >= 4 is 113 Å². The first kappa shape index (κ1) is 43.0. The summed E-state index contributed by atoms with van der Waals surface area (Å²) >= 11 is 2.04. The van der Waals surface area contributed by atoms with E-state index in [1.165, 1.54) is 12.2 Å². The first-order valence-electron chi connectivity index (χ1n) is 22.8. The van der Waals surface area contributed by atoms with Gasteiger partial charge in [-0.05, 0) is 115 Å². The Morgan fingerprint density at radius 2 is 0.819 bits per heavy atom. The van der Waals surface area contributed by atoms with Crippen molar-refractivity contribution in [1.82, 2.24) is 9.97 Å². The largest absolute Gasteiger partial charge is 0.457 e. The summed E-state index contributed by atoms with van der Waals surface area (Å²) in [6, 6.07) is 48.2. The Labute approximate surface area is 416 Å². The van der Waals surface area contributed by atoms with Crippen LogP contribution in [0, 0.1) is 0 Å². The third kappa shape index (κ3) is 6.92. The number of Topliss-reactive ketones (excluding diaryl/α,β-unsaturated/α-hetero) is 4. The third-order valence-electron chi connectivity index (χ3n) is 13.2. The Kier molecular flexibility index (Phi) is 9.89. The molecule has 0 bridgehead atoms.